The Hall–Kier alpha value is -4.52. The summed E-state index contributed by atoms with van der Waals surface area (Å²) in [7, 11) is 0. The average Bonchev–Trinajstić information content (AvgIpc) is 3.28. The number of fused-ring (bicyclic) bond motifs is 1. The van der Waals surface area contributed by atoms with E-state index in [9.17, 15) is 18.8 Å². The summed E-state index contributed by atoms with van der Waals surface area (Å²) in [4.78, 5) is 49.8. The Balaban J connectivity index is 1.25. The minimum Gasteiger partial charge on any atom is -0.436 e. The number of thioether (sulfide) groups is 1. The minimum atomic E-state index is -0.829. The number of para-hydroxylation sites is 2. The first-order valence-corrected chi connectivity index (χ1v) is 14.4. The molecule has 0 aliphatic carbocycles. The standard InChI is InChI=1S/C30H23ClFN5O5S/c31-29-33-16-21(32)27(35-29)42-24-10-9-18-5-1-2-6-19(18)20(24)15-25-28(39)37(30(40)43-25)17-26(38)34-22-7-3-4-8-23(22)36-11-13-41-14-12-36/h1-10,15-16H,11-14,17H2,(H,34,38)/b25-15+. The molecule has 2 aliphatic heterocycles. The lowest BCUT2D eigenvalue weighted by Gasteiger charge is -2.30. The quantitative estimate of drug-likeness (QED) is 0.205. The molecule has 3 aromatic carbocycles. The number of nitrogens with one attached hydrogen (secondary N) is 1. The van der Waals surface area contributed by atoms with Gasteiger partial charge >= 0.3 is 0 Å². The summed E-state index contributed by atoms with van der Waals surface area (Å²) < 4.78 is 25.6. The Morgan fingerprint density at radius 3 is 2.70 bits per heavy atom. The number of imide groups is 1. The van der Waals surface area contributed by atoms with Crippen molar-refractivity contribution in [2.45, 2.75) is 0 Å². The fraction of sp³-hybridized carbons (Fsp3) is 0.167. The van der Waals surface area contributed by atoms with E-state index in [-0.39, 0.29) is 15.9 Å². The second-order valence-electron chi connectivity index (χ2n) is 9.53. The Morgan fingerprint density at radius 2 is 1.86 bits per heavy atom. The molecule has 3 heterocycles. The molecule has 2 saturated heterocycles. The van der Waals surface area contributed by atoms with Gasteiger partial charge in [0.2, 0.25) is 17.0 Å². The van der Waals surface area contributed by atoms with Crippen LogP contribution in [0.5, 0.6) is 11.6 Å². The highest BCUT2D eigenvalue weighted by Gasteiger charge is 2.37. The number of carbonyl (C=O) groups excluding carboxylic acids is 3. The summed E-state index contributed by atoms with van der Waals surface area (Å²) in [6.07, 6.45) is 2.38. The van der Waals surface area contributed by atoms with Crippen LogP contribution in [0.3, 0.4) is 0 Å². The summed E-state index contributed by atoms with van der Waals surface area (Å²) in [5.74, 6) is -2.20. The van der Waals surface area contributed by atoms with Gasteiger partial charge < -0.3 is 19.7 Å². The maximum atomic E-state index is 14.4. The number of benzene rings is 3. The van der Waals surface area contributed by atoms with Crippen LogP contribution in [0.1, 0.15) is 5.56 Å². The molecule has 0 bridgehead atoms. The van der Waals surface area contributed by atoms with Crippen LogP contribution in [-0.4, -0.2) is 64.8 Å². The fourth-order valence-corrected chi connectivity index (χ4v) is 5.73. The first kappa shape index (κ1) is 28.6. The molecular weight excluding hydrogens is 597 g/mol. The van der Waals surface area contributed by atoms with Crippen molar-refractivity contribution in [2.75, 3.05) is 43.1 Å². The molecule has 1 N–H and O–H groups in total. The third kappa shape index (κ3) is 6.17. The Bertz CT molecular complexity index is 1780. The van der Waals surface area contributed by atoms with Gasteiger partial charge in [-0.3, -0.25) is 19.3 Å². The first-order chi connectivity index (χ1) is 20.9. The van der Waals surface area contributed by atoms with E-state index in [4.69, 9.17) is 21.1 Å². The average molecular weight is 620 g/mol. The van der Waals surface area contributed by atoms with Crippen molar-refractivity contribution in [1.82, 2.24) is 14.9 Å². The van der Waals surface area contributed by atoms with Gasteiger partial charge in [0.05, 0.1) is 35.7 Å². The van der Waals surface area contributed by atoms with Crippen molar-refractivity contribution in [3.63, 3.8) is 0 Å². The lowest BCUT2D eigenvalue weighted by molar-refractivity contribution is -0.127. The van der Waals surface area contributed by atoms with Crippen LogP contribution in [0.2, 0.25) is 5.28 Å². The molecule has 10 nitrogen and oxygen atoms in total. The van der Waals surface area contributed by atoms with E-state index >= 15 is 0 Å². The summed E-state index contributed by atoms with van der Waals surface area (Å²) in [5, 5.41) is 3.54. The number of nitrogens with zero attached hydrogens (tertiary/aromatic N) is 4. The van der Waals surface area contributed by atoms with Crippen LogP contribution < -0.4 is 15.0 Å². The number of hydrogen-bond acceptors (Lipinski definition) is 9. The largest absolute Gasteiger partial charge is 0.436 e. The highest BCUT2D eigenvalue weighted by molar-refractivity contribution is 8.18. The minimum absolute atomic E-state index is 0.0777. The number of halogens is 2. The number of rotatable bonds is 7. The van der Waals surface area contributed by atoms with Gasteiger partial charge in [0, 0.05) is 18.7 Å². The lowest BCUT2D eigenvalue weighted by Crippen LogP contribution is -2.38. The molecule has 13 heteroatoms. The van der Waals surface area contributed by atoms with Gasteiger partial charge in [-0.1, -0.05) is 42.5 Å². The molecular formula is C30H23ClFN5O5S. The van der Waals surface area contributed by atoms with Crippen LogP contribution in [0.15, 0.2) is 71.8 Å². The van der Waals surface area contributed by atoms with Crippen LogP contribution in [0.25, 0.3) is 16.8 Å². The number of aromatic nitrogens is 2. The van der Waals surface area contributed by atoms with E-state index in [0.717, 1.165) is 22.2 Å². The Labute approximate surface area is 254 Å². The van der Waals surface area contributed by atoms with Gasteiger partial charge in [-0.25, -0.2) is 4.98 Å². The molecule has 4 aromatic rings. The second kappa shape index (κ2) is 12.4. The molecule has 0 unspecified atom stereocenters. The second-order valence-corrected chi connectivity index (χ2v) is 10.9. The number of carbonyl (C=O) groups is 3. The van der Waals surface area contributed by atoms with Crippen molar-refractivity contribution in [3.05, 3.63) is 88.4 Å². The third-order valence-corrected chi connectivity index (χ3v) is 7.89. The maximum Gasteiger partial charge on any atom is 0.294 e. The predicted molar refractivity (Wildman–Crippen MR) is 162 cm³/mol. The topological polar surface area (TPSA) is 114 Å². The molecule has 2 fully saturated rings. The van der Waals surface area contributed by atoms with Gasteiger partial charge in [0.15, 0.2) is 0 Å². The molecule has 6 rings (SSSR count). The van der Waals surface area contributed by atoms with Crippen LogP contribution in [0, 0.1) is 5.82 Å². The molecule has 43 heavy (non-hydrogen) atoms. The van der Waals surface area contributed by atoms with E-state index in [0.29, 0.717) is 54.7 Å². The summed E-state index contributed by atoms with van der Waals surface area (Å²) in [6.45, 7) is 2.05. The number of ether oxygens (including phenoxy) is 2. The summed E-state index contributed by atoms with van der Waals surface area (Å²) in [6, 6.07) is 18.0. The summed E-state index contributed by atoms with van der Waals surface area (Å²) in [5.41, 5.74) is 1.83. The van der Waals surface area contributed by atoms with E-state index in [1.54, 1.807) is 36.4 Å². The summed E-state index contributed by atoms with van der Waals surface area (Å²) >= 11 is 6.54. The van der Waals surface area contributed by atoms with E-state index < -0.39 is 35.3 Å². The fourth-order valence-electron chi connectivity index (χ4n) is 4.78. The van der Waals surface area contributed by atoms with Gasteiger partial charge in [-0.2, -0.15) is 9.37 Å². The Morgan fingerprint density at radius 1 is 1.09 bits per heavy atom. The van der Waals surface area contributed by atoms with Gasteiger partial charge in [0.25, 0.3) is 17.0 Å². The normalized spacial score (nSPS) is 16.3. The first-order valence-electron chi connectivity index (χ1n) is 13.2. The van der Waals surface area contributed by atoms with Crippen molar-refractivity contribution in [1.29, 1.82) is 0 Å². The predicted octanol–water partition coefficient (Wildman–Crippen LogP) is 5.73. The van der Waals surface area contributed by atoms with Crippen LogP contribution >= 0.6 is 23.4 Å². The monoisotopic (exact) mass is 619 g/mol. The molecule has 0 spiro atoms. The van der Waals surface area contributed by atoms with Gasteiger partial charge in [-0.05, 0) is 58.4 Å². The third-order valence-electron chi connectivity index (χ3n) is 6.80. The molecule has 0 saturated carbocycles. The molecule has 218 valence electrons. The number of anilines is 2. The highest BCUT2D eigenvalue weighted by Crippen LogP contribution is 2.38. The molecule has 0 atom stereocenters. The number of amides is 3. The van der Waals surface area contributed by atoms with Gasteiger partial charge in [0.1, 0.15) is 12.3 Å². The molecule has 3 amide bonds. The molecule has 1 aromatic heterocycles. The lowest BCUT2D eigenvalue weighted by atomic mass is 10.0. The molecule has 2 aliphatic rings. The smallest absolute Gasteiger partial charge is 0.294 e. The van der Waals surface area contributed by atoms with E-state index in [1.165, 1.54) is 6.08 Å². The maximum absolute atomic E-state index is 14.4. The molecule has 0 radical (unpaired) electrons. The number of hydrogen-bond donors (Lipinski definition) is 1. The highest BCUT2D eigenvalue weighted by atomic mass is 35.5. The van der Waals surface area contributed by atoms with E-state index in [2.05, 4.69) is 20.2 Å². The SMILES string of the molecule is O=C(CN1C(=O)S/C(=C/c2c(Oc3nc(Cl)ncc3F)ccc3ccccc23)C1=O)Nc1ccccc1N1CCOCC1. The van der Waals surface area contributed by atoms with Crippen molar-refractivity contribution in [2.24, 2.45) is 0 Å². The number of morpholine rings is 1. The van der Waals surface area contributed by atoms with E-state index in [1.807, 2.05) is 24.3 Å². The Kier molecular flexibility index (Phi) is 8.23. The van der Waals surface area contributed by atoms with Crippen molar-refractivity contribution >= 4 is 68.6 Å². The van der Waals surface area contributed by atoms with Crippen LogP contribution in [-0.2, 0) is 14.3 Å². The zero-order chi connectivity index (χ0) is 29.9. The zero-order valence-electron chi connectivity index (χ0n) is 22.5. The van der Waals surface area contributed by atoms with Crippen molar-refractivity contribution in [3.8, 4) is 11.6 Å². The zero-order valence-corrected chi connectivity index (χ0v) is 24.0. The van der Waals surface area contributed by atoms with Crippen molar-refractivity contribution < 1.29 is 28.2 Å². The van der Waals surface area contributed by atoms with Gasteiger partial charge in [-0.15, -0.1) is 0 Å². The van der Waals surface area contributed by atoms with Crippen LogP contribution in [0.4, 0.5) is 20.6 Å².